The zero-order chi connectivity index (χ0) is 6.53. The number of allylic oxidation sites excluding steroid dienone is 4. The van der Waals surface area contributed by atoms with E-state index in [0.29, 0.717) is 0 Å². The topological polar surface area (TPSA) is 24.4 Å². The predicted molar refractivity (Wildman–Crippen MR) is 39.1 cm³/mol. The summed E-state index contributed by atoms with van der Waals surface area (Å²) in [6.07, 6.45) is 8.63. The first-order chi connectivity index (χ1) is 4.43. The lowest BCUT2D eigenvalue weighted by atomic mass is 10.3. The van der Waals surface area contributed by atoms with Gasteiger partial charge in [-0.25, -0.2) is 0 Å². The quantitative estimate of drug-likeness (QED) is 0.559. The van der Waals surface area contributed by atoms with E-state index in [-0.39, 0.29) is 0 Å². The molecule has 2 nitrogen and oxygen atoms in total. The van der Waals surface area contributed by atoms with Crippen molar-refractivity contribution in [3.63, 3.8) is 0 Å². The first-order valence-corrected chi connectivity index (χ1v) is 3.08. The molecule has 1 rings (SSSR count). The number of nitrogens with zero attached hydrogens (tertiary/aromatic N) is 1. The van der Waals surface area contributed by atoms with Gasteiger partial charge in [0, 0.05) is 11.9 Å². The molecule has 0 aromatic heterocycles. The maximum absolute atomic E-state index is 3.89. The average Bonchev–Trinajstić information content (AvgIpc) is 2.13. The van der Waals surface area contributed by atoms with Gasteiger partial charge in [-0.1, -0.05) is 13.0 Å². The molecule has 0 radical (unpaired) electrons. The highest BCUT2D eigenvalue weighted by Gasteiger charge is 1.87. The molecule has 0 atom stereocenters. The Morgan fingerprint density at radius 3 is 3.22 bits per heavy atom. The molecule has 0 spiro atoms. The second kappa shape index (κ2) is 3.07. The molecule has 48 valence electrons. The third-order valence-electron chi connectivity index (χ3n) is 1.16. The van der Waals surface area contributed by atoms with E-state index in [2.05, 4.69) is 17.5 Å². The molecule has 0 saturated carbocycles. The molecule has 0 bridgehead atoms. The van der Waals surface area contributed by atoms with E-state index in [1.165, 1.54) is 0 Å². The summed E-state index contributed by atoms with van der Waals surface area (Å²) in [5, 5.41) is 3.89. The van der Waals surface area contributed by atoms with Gasteiger partial charge in [-0.15, -0.1) is 0 Å². The van der Waals surface area contributed by atoms with Crippen LogP contribution in [0.15, 0.2) is 29.0 Å². The zero-order valence-electron chi connectivity index (χ0n) is 5.46. The van der Waals surface area contributed by atoms with E-state index in [1.54, 1.807) is 6.21 Å². The van der Waals surface area contributed by atoms with Crippen molar-refractivity contribution >= 4 is 6.21 Å². The van der Waals surface area contributed by atoms with Crippen molar-refractivity contribution in [3.05, 3.63) is 23.9 Å². The molecule has 1 aliphatic heterocycles. The standard InChI is InChI=1S/C7H10N2/c1-2-7-5-3-4-6-8-9-7/h3-6,9H,2H2,1H3. The molecule has 0 saturated heterocycles. The molecule has 0 aromatic rings. The fraction of sp³-hybridized carbons (Fsp3) is 0.286. The highest BCUT2D eigenvalue weighted by atomic mass is 15.3. The predicted octanol–water partition coefficient (Wildman–Crippen LogP) is 1.43. The van der Waals surface area contributed by atoms with Crippen LogP contribution in [0.1, 0.15) is 13.3 Å². The lowest BCUT2D eigenvalue weighted by Gasteiger charge is -1.97. The van der Waals surface area contributed by atoms with Gasteiger partial charge in [0.2, 0.25) is 0 Å². The Bertz CT molecular complexity index is 166. The van der Waals surface area contributed by atoms with E-state index >= 15 is 0 Å². The first-order valence-electron chi connectivity index (χ1n) is 3.08. The maximum Gasteiger partial charge on any atom is 0.0472 e. The number of nitrogens with one attached hydrogen (secondary N) is 1. The van der Waals surface area contributed by atoms with Crippen molar-refractivity contribution in [1.29, 1.82) is 0 Å². The highest BCUT2D eigenvalue weighted by molar-refractivity contribution is 5.71. The van der Waals surface area contributed by atoms with Gasteiger partial charge in [-0.3, -0.25) is 5.43 Å². The van der Waals surface area contributed by atoms with E-state index in [4.69, 9.17) is 0 Å². The highest BCUT2D eigenvalue weighted by Crippen LogP contribution is 1.96. The van der Waals surface area contributed by atoms with Crippen LogP contribution in [-0.2, 0) is 0 Å². The Kier molecular flexibility index (Phi) is 2.07. The molecule has 1 aliphatic rings. The molecule has 1 heterocycles. The van der Waals surface area contributed by atoms with Crippen LogP contribution in [0, 0.1) is 0 Å². The average molecular weight is 122 g/mol. The molecule has 2 heteroatoms. The van der Waals surface area contributed by atoms with Gasteiger partial charge in [0.1, 0.15) is 0 Å². The van der Waals surface area contributed by atoms with Crippen molar-refractivity contribution in [1.82, 2.24) is 5.43 Å². The Morgan fingerprint density at radius 2 is 2.44 bits per heavy atom. The maximum atomic E-state index is 3.89. The van der Waals surface area contributed by atoms with Crippen LogP contribution >= 0.6 is 0 Å². The summed E-state index contributed by atoms with van der Waals surface area (Å²) in [6, 6.07) is 0. The van der Waals surface area contributed by atoms with E-state index in [0.717, 1.165) is 12.1 Å². The van der Waals surface area contributed by atoms with E-state index in [9.17, 15) is 0 Å². The molecule has 0 aliphatic carbocycles. The van der Waals surface area contributed by atoms with Crippen LogP contribution in [0.5, 0.6) is 0 Å². The summed E-state index contributed by atoms with van der Waals surface area (Å²) in [5.74, 6) is 0. The van der Waals surface area contributed by atoms with Crippen molar-refractivity contribution in [2.45, 2.75) is 13.3 Å². The van der Waals surface area contributed by atoms with Gasteiger partial charge in [-0.05, 0) is 18.6 Å². The largest absolute Gasteiger partial charge is 0.283 e. The minimum atomic E-state index is 1.00. The molecule has 0 fully saturated rings. The summed E-state index contributed by atoms with van der Waals surface area (Å²) >= 11 is 0. The fourth-order valence-electron chi connectivity index (χ4n) is 0.619. The second-order valence-electron chi connectivity index (χ2n) is 1.82. The van der Waals surface area contributed by atoms with Gasteiger partial charge >= 0.3 is 0 Å². The molecule has 9 heavy (non-hydrogen) atoms. The minimum Gasteiger partial charge on any atom is -0.283 e. The van der Waals surface area contributed by atoms with E-state index < -0.39 is 0 Å². The van der Waals surface area contributed by atoms with Crippen LogP contribution in [0.25, 0.3) is 0 Å². The molecule has 0 unspecified atom stereocenters. The van der Waals surface area contributed by atoms with Crippen molar-refractivity contribution in [2.75, 3.05) is 0 Å². The van der Waals surface area contributed by atoms with Crippen LogP contribution < -0.4 is 5.43 Å². The van der Waals surface area contributed by atoms with Crippen molar-refractivity contribution < 1.29 is 0 Å². The molecular formula is C7H10N2. The zero-order valence-corrected chi connectivity index (χ0v) is 5.46. The fourth-order valence-corrected chi connectivity index (χ4v) is 0.619. The molecular weight excluding hydrogens is 112 g/mol. The minimum absolute atomic E-state index is 1.00. The molecule has 1 N–H and O–H groups in total. The normalized spacial score (nSPS) is 16.3. The lowest BCUT2D eigenvalue weighted by Crippen LogP contribution is -2.02. The number of hydrazone groups is 1. The summed E-state index contributed by atoms with van der Waals surface area (Å²) < 4.78 is 0. The third-order valence-corrected chi connectivity index (χ3v) is 1.16. The number of hydrogen-bond donors (Lipinski definition) is 1. The Labute approximate surface area is 55.0 Å². The Balaban J connectivity index is 2.62. The number of hydrogen-bond acceptors (Lipinski definition) is 2. The summed E-state index contributed by atoms with van der Waals surface area (Å²) in [5.41, 5.74) is 4.05. The Morgan fingerprint density at radius 1 is 1.56 bits per heavy atom. The van der Waals surface area contributed by atoms with Crippen LogP contribution in [0.2, 0.25) is 0 Å². The van der Waals surface area contributed by atoms with Gasteiger partial charge in [0.15, 0.2) is 0 Å². The summed E-state index contributed by atoms with van der Waals surface area (Å²) in [4.78, 5) is 0. The Hall–Kier alpha value is -1.05. The SMILES string of the molecule is CCC1=CC=CC=NN1. The lowest BCUT2D eigenvalue weighted by molar-refractivity contribution is 0.836. The van der Waals surface area contributed by atoms with Gasteiger partial charge in [-0.2, -0.15) is 5.10 Å². The van der Waals surface area contributed by atoms with Crippen molar-refractivity contribution in [3.8, 4) is 0 Å². The van der Waals surface area contributed by atoms with Crippen molar-refractivity contribution in [2.24, 2.45) is 5.10 Å². The van der Waals surface area contributed by atoms with Gasteiger partial charge < -0.3 is 0 Å². The van der Waals surface area contributed by atoms with Crippen LogP contribution in [-0.4, -0.2) is 6.21 Å². The monoisotopic (exact) mass is 122 g/mol. The summed E-state index contributed by atoms with van der Waals surface area (Å²) in [7, 11) is 0. The van der Waals surface area contributed by atoms with Crippen LogP contribution in [0.3, 0.4) is 0 Å². The second-order valence-corrected chi connectivity index (χ2v) is 1.82. The van der Waals surface area contributed by atoms with Gasteiger partial charge in [0.05, 0.1) is 0 Å². The van der Waals surface area contributed by atoms with Gasteiger partial charge in [0.25, 0.3) is 0 Å². The molecule has 0 aromatic carbocycles. The first kappa shape index (κ1) is 6.08. The summed E-state index contributed by atoms with van der Waals surface area (Å²) in [6.45, 7) is 2.09. The van der Waals surface area contributed by atoms with E-state index in [1.807, 2.05) is 18.2 Å². The smallest absolute Gasteiger partial charge is 0.0472 e. The van der Waals surface area contributed by atoms with Crippen LogP contribution in [0.4, 0.5) is 0 Å². The third kappa shape index (κ3) is 1.72. The molecule has 0 amide bonds. The number of rotatable bonds is 1.